The van der Waals surface area contributed by atoms with Crippen molar-refractivity contribution in [2.75, 3.05) is 28.2 Å². The molecule has 0 atom stereocenters. The van der Waals surface area contributed by atoms with Gasteiger partial charge in [0.05, 0.1) is 0 Å². The topological polar surface area (TPSA) is 133 Å². The van der Waals surface area contributed by atoms with Crippen LogP contribution in [0.2, 0.25) is 0 Å². The fourth-order valence-electron chi connectivity index (χ4n) is 14.3. The third-order valence-corrected chi connectivity index (χ3v) is 19.0. The van der Waals surface area contributed by atoms with E-state index in [-0.39, 0.29) is 27.4 Å². The minimum atomic E-state index is 0.155. The number of furan rings is 4. The van der Waals surface area contributed by atoms with Crippen LogP contribution >= 0.6 is 0 Å². The summed E-state index contributed by atoms with van der Waals surface area (Å²) < 4.78 is 32.9. The third kappa shape index (κ3) is 11.1. The van der Waals surface area contributed by atoms with Gasteiger partial charge in [0.2, 0.25) is 22.9 Å². The number of rotatable bonds is 4. The number of aromatic nitrogens is 8. The van der Waals surface area contributed by atoms with Gasteiger partial charge < -0.3 is 36.9 Å². The van der Waals surface area contributed by atoms with Crippen molar-refractivity contribution >= 4 is 141 Å². The maximum absolute atomic E-state index is 6.08. The lowest BCUT2D eigenvalue weighted by molar-refractivity contribution is -0.654. The molecule has 0 N–H and O–H groups in total. The normalized spacial score (nSPS) is 14.2. The molecule has 0 spiro atoms. The van der Waals surface area contributed by atoms with E-state index in [0.29, 0.717) is 17.1 Å². The zero-order valence-corrected chi connectivity index (χ0v) is 56.4. The van der Waals surface area contributed by atoms with Gasteiger partial charge in [0.1, 0.15) is 44.4 Å². The molecule has 0 aromatic carbocycles. The molecule has 0 amide bonds. The zero-order chi connectivity index (χ0) is 65.4. The van der Waals surface area contributed by atoms with Crippen molar-refractivity contribution in [3.05, 3.63) is 211 Å². The second kappa shape index (κ2) is 24.4. The van der Waals surface area contributed by atoms with Crippen molar-refractivity contribution < 1.29 is 35.9 Å². The molecular weight excluding hydrogens is 1150 g/mol. The lowest BCUT2D eigenvalue weighted by Gasteiger charge is -2.24. The fourth-order valence-corrected chi connectivity index (χ4v) is 14.3. The van der Waals surface area contributed by atoms with Gasteiger partial charge in [0, 0.05) is 108 Å². The first-order chi connectivity index (χ1) is 44.6. The highest BCUT2D eigenvalue weighted by atomic mass is 16.3. The summed E-state index contributed by atoms with van der Waals surface area (Å²) in [6.07, 6.45) is 22.5. The molecule has 93 heavy (non-hydrogen) atoms. The summed E-state index contributed by atoms with van der Waals surface area (Å²) in [6, 6.07) is 33.5. The molecule has 0 saturated carbocycles. The van der Waals surface area contributed by atoms with Crippen LogP contribution in [0.3, 0.4) is 0 Å². The van der Waals surface area contributed by atoms with E-state index < -0.39 is 0 Å². The van der Waals surface area contributed by atoms with Gasteiger partial charge in [0.15, 0.2) is 52.6 Å². The maximum atomic E-state index is 6.08. The van der Waals surface area contributed by atoms with Crippen LogP contribution in [0.5, 0.6) is 0 Å². The zero-order valence-electron chi connectivity index (χ0n) is 56.4. The Balaban J connectivity index is 0.000000113. The van der Waals surface area contributed by atoms with Gasteiger partial charge in [-0.25, -0.2) is 38.2 Å². The molecule has 16 nitrogen and oxygen atoms in total. The van der Waals surface area contributed by atoms with Crippen LogP contribution < -0.4 is 83.2 Å². The molecule has 4 aliphatic heterocycles. The van der Waals surface area contributed by atoms with Gasteiger partial charge in [-0.2, -0.15) is 0 Å². The summed E-state index contributed by atoms with van der Waals surface area (Å²) in [5.41, 5.74) is 22.6. The molecule has 0 unspecified atom stereocenters. The van der Waals surface area contributed by atoms with Crippen molar-refractivity contribution in [3.63, 3.8) is 0 Å². The van der Waals surface area contributed by atoms with E-state index >= 15 is 0 Å². The highest BCUT2D eigenvalue weighted by molar-refractivity contribution is 6.87. The Morgan fingerprint density at radius 2 is 0.849 bits per heavy atom. The van der Waals surface area contributed by atoms with Crippen LogP contribution in [-0.4, -0.2) is 94.8 Å². The molecule has 0 radical (unpaired) electrons. The quantitative estimate of drug-likeness (QED) is 0.186. The first-order valence-electron chi connectivity index (χ1n) is 31.6. The summed E-state index contributed by atoms with van der Waals surface area (Å²) in [5, 5.41) is 8.86. The molecule has 12 aromatic rings. The van der Waals surface area contributed by atoms with Gasteiger partial charge in [-0.1, -0.05) is 11.5 Å². The molecule has 462 valence electrons. The Labute approximate surface area is 542 Å². The number of hydrogen-bond donors (Lipinski definition) is 0. The van der Waals surface area contributed by atoms with Crippen LogP contribution in [0.15, 0.2) is 158 Å². The lowest BCUT2D eigenvalue weighted by Crippen LogP contribution is -2.62. The predicted octanol–water partition coefficient (Wildman–Crippen LogP) is 1.32. The minimum absolute atomic E-state index is 0.155. The van der Waals surface area contributed by atoms with Crippen molar-refractivity contribution in [1.29, 1.82) is 0 Å². The van der Waals surface area contributed by atoms with Crippen molar-refractivity contribution in [2.24, 2.45) is 28.2 Å². The number of fused-ring (bicyclic) bond motifs is 12. The Morgan fingerprint density at radius 1 is 0.376 bits per heavy atom. The van der Waals surface area contributed by atoms with E-state index in [1.165, 1.54) is 71.7 Å². The first-order valence-corrected chi connectivity index (χ1v) is 31.6. The van der Waals surface area contributed by atoms with E-state index in [1.807, 2.05) is 31.2 Å². The van der Waals surface area contributed by atoms with Gasteiger partial charge in [-0.15, -0.1) is 0 Å². The molecule has 16 rings (SSSR count). The Kier molecular flexibility index (Phi) is 16.2. The van der Waals surface area contributed by atoms with Crippen LogP contribution in [0.25, 0.3) is 91.1 Å². The number of hydrogen-bond acceptors (Lipinski definition) is 12. The molecule has 4 aliphatic rings. The fraction of sp³-hybridized carbons (Fsp3) is 0.233. The number of nitrogens with zero attached hydrogens (tertiary/aromatic N) is 12. The average Bonchev–Trinajstić information content (AvgIpc) is 1.67. The summed E-state index contributed by atoms with van der Waals surface area (Å²) in [7, 11) is 16.8. The van der Waals surface area contributed by atoms with Gasteiger partial charge in [0.25, 0.3) is 0 Å². The van der Waals surface area contributed by atoms with E-state index in [2.05, 4.69) is 292 Å². The second-order valence-corrected chi connectivity index (χ2v) is 25.7. The highest BCUT2D eigenvalue weighted by Gasteiger charge is 2.39. The Hall–Kier alpha value is -10.2. The van der Waals surface area contributed by atoms with E-state index in [0.717, 1.165) is 70.3 Å². The Morgan fingerprint density at radius 3 is 1.38 bits per heavy atom. The van der Waals surface area contributed by atoms with E-state index in [4.69, 9.17) is 17.7 Å². The third-order valence-electron chi connectivity index (χ3n) is 19.0. The van der Waals surface area contributed by atoms with Crippen molar-refractivity contribution in [2.45, 2.75) is 62.3 Å². The molecule has 16 heterocycles. The van der Waals surface area contributed by atoms with E-state index in [9.17, 15) is 0 Å². The second-order valence-electron chi connectivity index (χ2n) is 25.7. The molecule has 20 heteroatoms. The molecule has 0 bridgehead atoms. The predicted molar refractivity (Wildman–Crippen MR) is 374 cm³/mol. The van der Waals surface area contributed by atoms with Crippen LogP contribution in [0.4, 0.5) is 0 Å². The van der Waals surface area contributed by atoms with E-state index in [1.54, 1.807) is 18.6 Å². The van der Waals surface area contributed by atoms with Crippen LogP contribution in [0, 0.1) is 34.6 Å². The monoisotopic (exact) mass is 1230 g/mol. The molecule has 0 fully saturated rings. The summed E-state index contributed by atoms with van der Waals surface area (Å²) in [4.78, 5) is 26.6. The average molecular weight is 1230 g/mol. The smallest absolute Gasteiger partial charge is 0.402 e. The minimum Gasteiger partial charge on any atom is -0.438 e. The van der Waals surface area contributed by atoms with Gasteiger partial charge >= 0.3 is 27.4 Å². The van der Waals surface area contributed by atoms with Crippen LogP contribution in [0.1, 0.15) is 55.6 Å². The SMILES string of the molecule is CC1=c2c(oc3nc(C)ccc23)=CN(C)B1c1cccc[n+]1C.CC1=c2oc3ncccc3c2=CN(C)B1c1cc(C)c(C)c[n+]1C.CC1=c2oc3ncccc3c2=CN(C)B1c1cc(C)cc[n+]1C.CC1=c2oc3ncccc3c2=CN(C)B1c1ccc(C)c[n+]1C. The largest absolute Gasteiger partial charge is 0.438 e. The number of pyridine rings is 8. The lowest BCUT2D eigenvalue weighted by atomic mass is 9.50. The maximum Gasteiger partial charge on any atom is 0.402 e. The molecular formula is C73H78B4N12O4+4. The van der Waals surface area contributed by atoms with Crippen molar-refractivity contribution in [1.82, 2.24) is 39.2 Å². The number of aryl methyl sites for hydroxylation is 9. The van der Waals surface area contributed by atoms with Gasteiger partial charge in [-0.05, 0) is 203 Å². The standard InChI is InChI=1S/C19H21BN3O.3C18H19BN3O/c1-12-9-17(22(4)10-13(12)2)20-14(3)18-16(11-23(20)5)15-7-6-8-21-19(15)24-18;1-12-7-8-16(21(3)10-12)19-13(2)17-15(11-22(19)4)14-6-5-9-20-18(14)23-17;1-12-7-9-21(3)16(10-12)19-13(2)17-15(11-22(19)4)14-6-5-8-20-18(14)23-17;1-12-8-9-14-17-13(2)19(16-7-5-6-10-21(16)3)22(4)11-15(17)23-18(14)20-12/h6-11H,1-5H3;3*5-11H,1-4H3/q4*+1. The summed E-state index contributed by atoms with van der Waals surface area (Å²) in [5.74, 6) is 0. The van der Waals surface area contributed by atoms with Gasteiger partial charge in [-0.3, -0.25) is 0 Å². The molecule has 12 aromatic heterocycles. The molecule has 0 saturated heterocycles. The Bertz CT molecular complexity index is 5570. The highest BCUT2D eigenvalue weighted by Crippen LogP contribution is 2.18. The van der Waals surface area contributed by atoms with Crippen molar-refractivity contribution in [3.8, 4) is 0 Å². The molecule has 0 aliphatic carbocycles. The summed E-state index contributed by atoms with van der Waals surface area (Å²) >= 11 is 0. The first kappa shape index (κ1) is 61.6. The van der Waals surface area contributed by atoms with Crippen LogP contribution in [-0.2, 0) is 28.2 Å². The summed E-state index contributed by atoms with van der Waals surface area (Å²) in [6.45, 7) is 19.8.